The first-order valence-corrected chi connectivity index (χ1v) is 6.08. The van der Waals surface area contributed by atoms with Crippen molar-refractivity contribution in [3.63, 3.8) is 0 Å². The third kappa shape index (κ3) is 2.88. The van der Waals surface area contributed by atoms with E-state index in [2.05, 4.69) is 4.98 Å². The lowest BCUT2D eigenvalue weighted by Gasteiger charge is -2.05. The van der Waals surface area contributed by atoms with Crippen LogP contribution >= 0.6 is 22.9 Å². The quantitative estimate of drug-likeness (QED) is 0.689. The molecule has 94 valence electrons. The lowest BCUT2D eigenvalue weighted by molar-refractivity contribution is -0.385. The molecule has 6 nitrogen and oxygen atoms in total. The van der Waals surface area contributed by atoms with E-state index in [9.17, 15) is 10.1 Å². The maximum atomic E-state index is 10.8. The van der Waals surface area contributed by atoms with Crippen molar-refractivity contribution in [1.29, 1.82) is 0 Å². The Morgan fingerprint density at radius 3 is 2.94 bits per heavy atom. The van der Waals surface area contributed by atoms with Crippen LogP contribution < -0.4 is 10.5 Å². The first kappa shape index (κ1) is 12.6. The largest absolute Gasteiger partial charge is 0.480 e. The van der Waals surface area contributed by atoms with E-state index < -0.39 is 4.92 Å². The average Bonchev–Trinajstić information content (AvgIpc) is 2.72. The number of nitrogen functional groups attached to an aromatic ring is 1. The molecule has 1 heterocycles. The van der Waals surface area contributed by atoms with E-state index in [4.69, 9.17) is 22.1 Å². The zero-order valence-electron chi connectivity index (χ0n) is 9.00. The van der Waals surface area contributed by atoms with Crippen LogP contribution in [-0.4, -0.2) is 9.91 Å². The summed E-state index contributed by atoms with van der Waals surface area (Å²) in [6.07, 6.45) is 0. The first-order chi connectivity index (χ1) is 8.56. The molecular formula is C10H8ClN3O3S. The molecule has 0 saturated heterocycles. The monoisotopic (exact) mass is 285 g/mol. The maximum Gasteiger partial charge on any atom is 0.311 e. The highest BCUT2D eigenvalue weighted by Gasteiger charge is 2.15. The minimum atomic E-state index is -0.527. The van der Waals surface area contributed by atoms with Crippen molar-refractivity contribution >= 4 is 33.8 Å². The lowest BCUT2D eigenvalue weighted by Crippen LogP contribution is -1.99. The van der Waals surface area contributed by atoms with Gasteiger partial charge in [-0.25, -0.2) is 4.98 Å². The molecule has 2 N–H and O–H groups in total. The smallest absolute Gasteiger partial charge is 0.311 e. The van der Waals surface area contributed by atoms with Crippen LogP contribution in [0.3, 0.4) is 0 Å². The van der Waals surface area contributed by atoms with Crippen molar-refractivity contribution in [1.82, 2.24) is 4.98 Å². The van der Waals surface area contributed by atoms with Crippen molar-refractivity contribution in [2.75, 3.05) is 5.73 Å². The number of aromatic nitrogens is 1. The van der Waals surface area contributed by atoms with Crippen LogP contribution in [0, 0.1) is 10.1 Å². The van der Waals surface area contributed by atoms with Crippen molar-refractivity contribution < 1.29 is 9.66 Å². The summed E-state index contributed by atoms with van der Waals surface area (Å²) in [6, 6.07) is 4.13. The van der Waals surface area contributed by atoms with Crippen LogP contribution in [0.5, 0.6) is 5.75 Å². The summed E-state index contributed by atoms with van der Waals surface area (Å²) in [5, 5.41) is 13.3. The van der Waals surface area contributed by atoms with E-state index in [0.29, 0.717) is 15.8 Å². The van der Waals surface area contributed by atoms with Crippen LogP contribution in [0.1, 0.15) is 5.69 Å². The molecule has 8 heteroatoms. The summed E-state index contributed by atoms with van der Waals surface area (Å²) in [7, 11) is 0. The fourth-order valence-electron chi connectivity index (χ4n) is 1.30. The second kappa shape index (κ2) is 5.19. The molecule has 0 spiro atoms. The highest BCUT2D eigenvalue weighted by atomic mass is 35.5. The number of hydrogen-bond acceptors (Lipinski definition) is 6. The van der Waals surface area contributed by atoms with Crippen LogP contribution in [0.2, 0.25) is 5.02 Å². The van der Waals surface area contributed by atoms with Gasteiger partial charge >= 0.3 is 5.69 Å². The van der Waals surface area contributed by atoms with E-state index in [0.717, 1.165) is 0 Å². The standard InChI is InChI=1S/C10H8ClN3O3S/c11-6-1-2-8(14(15)16)9(3-6)17-4-7-5-18-10(12)13-7/h1-3,5H,4H2,(H2,12,13). The number of ether oxygens (including phenoxy) is 1. The van der Waals surface area contributed by atoms with Crippen molar-refractivity contribution in [3.05, 3.63) is 44.4 Å². The summed E-state index contributed by atoms with van der Waals surface area (Å²) in [5.41, 5.74) is 5.95. The molecule has 18 heavy (non-hydrogen) atoms. The first-order valence-electron chi connectivity index (χ1n) is 4.83. The van der Waals surface area contributed by atoms with Gasteiger partial charge in [0.15, 0.2) is 10.9 Å². The van der Waals surface area contributed by atoms with Gasteiger partial charge in [-0.15, -0.1) is 11.3 Å². The van der Waals surface area contributed by atoms with Crippen molar-refractivity contribution in [2.24, 2.45) is 0 Å². The van der Waals surface area contributed by atoms with Gasteiger partial charge in [-0.1, -0.05) is 11.6 Å². The number of hydrogen-bond donors (Lipinski definition) is 1. The van der Waals surface area contributed by atoms with E-state index in [1.54, 1.807) is 5.38 Å². The van der Waals surface area contributed by atoms with E-state index >= 15 is 0 Å². The molecule has 2 rings (SSSR count). The van der Waals surface area contributed by atoms with Gasteiger partial charge in [0.25, 0.3) is 0 Å². The highest BCUT2D eigenvalue weighted by molar-refractivity contribution is 7.13. The Morgan fingerprint density at radius 2 is 2.33 bits per heavy atom. The van der Waals surface area contributed by atoms with E-state index in [-0.39, 0.29) is 18.0 Å². The number of nitrogens with two attached hydrogens (primary N) is 1. The number of halogens is 1. The lowest BCUT2D eigenvalue weighted by atomic mass is 10.3. The number of nitro groups is 1. The van der Waals surface area contributed by atoms with Crippen molar-refractivity contribution in [3.8, 4) is 5.75 Å². The van der Waals surface area contributed by atoms with E-state index in [1.807, 2.05) is 0 Å². The third-order valence-electron chi connectivity index (χ3n) is 2.06. The zero-order chi connectivity index (χ0) is 13.1. The van der Waals surface area contributed by atoms with Gasteiger partial charge in [-0.2, -0.15) is 0 Å². The number of benzene rings is 1. The Morgan fingerprint density at radius 1 is 1.56 bits per heavy atom. The Labute approximate surface area is 111 Å². The fraction of sp³-hybridized carbons (Fsp3) is 0.100. The van der Waals surface area contributed by atoms with Gasteiger partial charge in [0, 0.05) is 22.5 Å². The van der Waals surface area contributed by atoms with Gasteiger partial charge in [0.2, 0.25) is 0 Å². The molecule has 0 bridgehead atoms. The Kier molecular flexibility index (Phi) is 3.63. The Bertz CT molecular complexity index is 587. The summed E-state index contributed by atoms with van der Waals surface area (Å²) in [6.45, 7) is 0.106. The number of nitrogens with zero attached hydrogens (tertiary/aromatic N) is 2. The Balaban J connectivity index is 2.17. The Hall–Kier alpha value is -1.86. The predicted octanol–water partition coefficient (Wildman–Crippen LogP) is 2.87. The van der Waals surface area contributed by atoms with Crippen LogP contribution in [0.15, 0.2) is 23.6 Å². The maximum absolute atomic E-state index is 10.8. The van der Waals surface area contributed by atoms with Crippen LogP contribution in [0.25, 0.3) is 0 Å². The molecular weight excluding hydrogens is 278 g/mol. The number of thiazole rings is 1. The molecule has 2 aromatic rings. The van der Waals surface area contributed by atoms with Gasteiger partial charge in [-0.05, 0) is 6.07 Å². The molecule has 0 saturated carbocycles. The van der Waals surface area contributed by atoms with E-state index in [1.165, 1.54) is 29.5 Å². The second-order valence-electron chi connectivity index (χ2n) is 3.33. The molecule has 0 aliphatic heterocycles. The highest BCUT2D eigenvalue weighted by Crippen LogP contribution is 2.30. The number of anilines is 1. The predicted molar refractivity (Wildman–Crippen MR) is 69.0 cm³/mol. The number of rotatable bonds is 4. The zero-order valence-corrected chi connectivity index (χ0v) is 10.6. The van der Waals surface area contributed by atoms with Gasteiger partial charge in [0.1, 0.15) is 6.61 Å². The van der Waals surface area contributed by atoms with Gasteiger partial charge < -0.3 is 10.5 Å². The number of nitro benzene ring substituents is 1. The summed E-state index contributed by atoms with van der Waals surface area (Å²) < 4.78 is 5.34. The second-order valence-corrected chi connectivity index (χ2v) is 4.66. The molecule has 1 aromatic heterocycles. The minimum absolute atomic E-state index is 0.106. The summed E-state index contributed by atoms with van der Waals surface area (Å²) in [5.74, 6) is 0.110. The molecule has 0 atom stereocenters. The SMILES string of the molecule is Nc1nc(COc2cc(Cl)ccc2[N+](=O)[O-])cs1. The molecule has 0 radical (unpaired) electrons. The topological polar surface area (TPSA) is 91.3 Å². The van der Waals surface area contributed by atoms with Crippen LogP contribution in [0.4, 0.5) is 10.8 Å². The molecule has 0 fully saturated rings. The summed E-state index contributed by atoms with van der Waals surface area (Å²) in [4.78, 5) is 14.3. The third-order valence-corrected chi connectivity index (χ3v) is 3.02. The van der Waals surface area contributed by atoms with Crippen LogP contribution in [-0.2, 0) is 6.61 Å². The van der Waals surface area contributed by atoms with Crippen molar-refractivity contribution in [2.45, 2.75) is 6.61 Å². The van der Waals surface area contributed by atoms with Gasteiger partial charge in [0.05, 0.1) is 10.6 Å². The van der Waals surface area contributed by atoms with Gasteiger partial charge in [-0.3, -0.25) is 10.1 Å². The molecule has 1 aromatic carbocycles. The fourth-order valence-corrected chi connectivity index (χ4v) is 2.00. The molecule has 0 aliphatic rings. The normalized spacial score (nSPS) is 10.3. The average molecular weight is 286 g/mol. The minimum Gasteiger partial charge on any atom is -0.480 e. The molecule has 0 aliphatic carbocycles. The molecule has 0 unspecified atom stereocenters. The summed E-state index contributed by atoms with van der Waals surface area (Å²) >= 11 is 7.05. The molecule has 0 amide bonds.